The number of hydrogen-bond acceptors (Lipinski definition) is 2. The highest BCUT2D eigenvalue weighted by Crippen LogP contribution is 2.12. The van der Waals surface area contributed by atoms with Gasteiger partial charge in [0, 0.05) is 32.6 Å². The average molecular weight is 364 g/mol. The average Bonchev–Trinajstić information content (AvgIpc) is 2.95. The van der Waals surface area contributed by atoms with Crippen LogP contribution >= 0.6 is 0 Å². The normalized spacial score (nSPS) is 14.7. The predicted octanol–water partition coefficient (Wildman–Crippen LogP) is 3.23. The van der Waals surface area contributed by atoms with Gasteiger partial charge < -0.3 is 9.80 Å². The molecule has 0 saturated carbocycles. The summed E-state index contributed by atoms with van der Waals surface area (Å²) in [6, 6.07) is 18.1. The van der Waals surface area contributed by atoms with Gasteiger partial charge in [-0.25, -0.2) is 0 Å². The maximum Gasteiger partial charge on any atom is 0.227 e. The van der Waals surface area contributed by atoms with Crippen LogP contribution < -0.4 is 0 Å². The lowest BCUT2D eigenvalue weighted by molar-refractivity contribution is -0.133. The third-order valence-corrected chi connectivity index (χ3v) is 5.27. The molecular formula is C23H28N2O2. The lowest BCUT2D eigenvalue weighted by Crippen LogP contribution is -2.38. The Morgan fingerprint density at radius 3 is 2.15 bits per heavy atom. The molecule has 3 rings (SSSR count). The minimum absolute atomic E-state index is 0.155. The molecule has 0 aromatic heterocycles. The molecule has 0 spiro atoms. The third-order valence-electron chi connectivity index (χ3n) is 5.27. The van der Waals surface area contributed by atoms with Crippen LogP contribution in [-0.4, -0.2) is 47.8 Å². The van der Waals surface area contributed by atoms with Gasteiger partial charge in [0.1, 0.15) is 0 Å². The van der Waals surface area contributed by atoms with Crippen molar-refractivity contribution in [2.24, 2.45) is 0 Å². The quantitative estimate of drug-likeness (QED) is 0.817. The van der Waals surface area contributed by atoms with Crippen molar-refractivity contribution < 1.29 is 9.59 Å². The minimum atomic E-state index is 0.155. The molecule has 0 atom stereocenters. The maximum atomic E-state index is 12.7. The fraction of sp³-hybridized carbons (Fsp3) is 0.391. The topological polar surface area (TPSA) is 40.6 Å². The van der Waals surface area contributed by atoms with Crippen LogP contribution in [-0.2, 0) is 22.4 Å². The van der Waals surface area contributed by atoms with Gasteiger partial charge in [0.25, 0.3) is 0 Å². The van der Waals surface area contributed by atoms with Gasteiger partial charge in [-0.3, -0.25) is 9.59 Å². The van der Waals surface area contributed by atoms with Crippen LogP contribution in [0.4, 0.5) is 0 Å². The summed E-state index contributed by atoms with van der Waals surface area (Å²) in [7, 11) is 0. The van der Waals surface area contributed by atoms with Gasteiger partial charge in [0.2, 0.25) is 11.8 Å². The van der Waals surface area contributed by atoms with Crippen molar-refractivity contribution in [2.75, 3.05) is 26.2 Å². The molecule has 1 aliphatic heterocycles. The second-order valence-electron chi connectivity index (χ2n) is 7.20. The number of benzene rings is 2. The zero-order valence-corrected chi connectivity index (χ0v) is 16.1. The number of rotatable bonds is 5. The van der Waals surface area contributed by atoms with Gasteiger partial charge in [-0.05, 0) is 36.5 Å². The summed E-state index contributed by atoms with van der Waals surface area (Å²) in [5.74, 6) is 0.343. The number of hydrogen-bond donors (Lipinski definition) is 0. The molecule has 1 aliphatic rings. The molecule has 0 N–H and O–H groups in total. The van der Waals surface area contributed by atoms with Crippen molar-refractivity contribution >= 4 is 11.8 Å². The van der Waals surface area contributed by atoms with Crippen LogP contribution in [0, 0.1) is 6.92 Å². The summed E-state index contributed by atoms with van der Waals surface area (Å²) in [5.41, 5.74) is 3.43. The summed E-state index contributed by atoms with van der Waals surface area (Å²) in [6.07, 6.45) is 2.58. The molecule has 2 aromatic rings. The second-order valence-corrected chi connectivity index (χ2v) is 7.20. The van der Waals surface area contributed by atoms with E-state index in [2.05, 4.69) is 12.1 Å². The highest BCUT2D eigenvalue weighted by atomic mass is 16.2. The van der Waals surface area contributed by atoms with E-state index < -0.39 is 0 Å². The van der Waals surface area contributed by atoms with Crippen molar-refractivity contribution in [1.29, 1.82) is 0 Å². The molecule has 0 radical (unpaired) electrons. The van der Waals surface area contributed by atoms with Crippen molar-refractivity contribution in [3.05, 3.63) is 71.3 Å². The highest BCUT2D eigenvalue weighted by molar-refractivity contribution is 5.80. The van der Waals surface area contributed by atoms with E-state index in [1.54, 1.807) is 0 Å². The van der Waals surface area contributed by atoms with E-state index in [0.29, 0.717) is 25.9 Å². The lowest BCUT2D eigenvalue weighted by Gasteiger charge is -2.22. The fourth-order valence-corrected chi connectivity index (χ4v) is 3.55. The smallest absolute Gasteiger partial charge is 0.227 e. The Morgan fingerprint density at radius 2 is 1.44 bits per heavy atom. The van der Waals surface area contributed by atoms with Crippen molar-refractivity contribution in [3.63, 3.8) is 0 Å². The van der Waals surface area contributed by atoms with Gasteiger partial charge >= 0.3 is 0 Å². The maximum absolute atomic E-state index is 12.7. The number of carbonyl (C=O) groups excluding carboxylic acids is 2. The van der Waals surface area contributed by atoms with Crippen molar-refractivity contribution in [2.45, 2.75) is 32.6 Å². The zero-order valence-electron chi connectivity index (χ0n) is 16.1. The fourth-order valence-electron chi connectivity index (χ4n) is 3.55. The van der Waals surface area contributed by atoms with Crippen LogP contribution in [0.15, 0.2) is 54.6 Å². The molecule has 2 amide bonds. The molecular weight excluding hydrogens is 336 g/mol. The van der Waals surface area contributed by atoms with Crippen LogP contribution in [0.3, 0.4) is 0 Å². The van der Waals surface area contributed by atoms with E-state index in [9.17, 15) is 9.59 Å². The molecule has 142 valence electrons. The first kappa shape index (κ1) is 19.2. The van der Waals surface area contributed by atoms with Crippen LogP contribution in [0.25, 0.3) is 0 Å². The number of amides is 2. The van der Waals surface area contributed by atoms with Crippen LogP contribution in [0.5, 0.6) is 0 Å². The summed E-state index contributed by atoms with van der Waals surface area (Å²) < 4.78 is 0. The van der Waals surface area contributed by atoms with Crippen molar-refractivity contribution in [3.8, 4) is 0 Å². The molecule has 2 aromatic carbocycles. The monoisotopic (exact) mass is 364 g/mol. The molecule has 4 nitrogen and oxygen atoms in total. The first-order valence-electron chi connectivity index (χ1n) is 9.77. The second kappa shape index (κ2) is 9.36. The molecule has 1 saturated heterocycles. The minimum Gasteiger partial charge on any atom is -0.341 e. The van der Waals surface area contributed by atoms with Crippen molar-refractivity contribution in [1.82, 2.24) is 9.80 Å². The summed E-state index contributed by atoms with van der Waals surface area (Å²) in [4.78, 5) is 29.1. The number of aryl methyl sites for hydroxylation is 2. The zero-order chi connectivity index (χ0) is 19.1. The van der Waals surface area contributed by atoms with Gasteiger partial charge in [0.05, 0.1) is 6.42 Å². The molecule has 1 heterocycles. The summed E-state index contributed by atoms with van der Waals surface area (Å²) in [5, 5.41) is 0. The Bertz CT molecular complexity index is 773. The Kier molecular flexibility index (Phi) is 6.64. The van der Waals surface area contributed by atoms with E-state index in [1.807, 2.05) is 59.2 Å². The van der Waals surface area contributed by atoms with Gasteiger partial charge in [-0.2, -0.15) is 0 Å². The van der Waals surface area contributed by atoms with Crippen LogP contribution in [0.2, 0.25) is 0 Å². The van der Waals surface area contributed by atoms with E-state index in [-0.39, 0.29) is 11.8 Å². The number of nitrogens with zero attached hydrogens (tertiary/aromatic N) is 2. The van der Waals surface area contributed by atoms with E-state index >= 15 is 0 Å². The number of carbonyl (C=O) groups is 2. The molecule has 1 fully saturated rings. The molecule has 4 heteroatoms. The van der Waals surface area contributed by atoms with E-state index in [1.165, 1.54) is 5.56 Å². The first-order chi connectivity index (χ1) is 13.1. The standard InChI is InChI=1S/C23H28N2O2/c1-19-8-5-6-11-21(19)18-23(27)25-15-7-14-24(16-17-25)22(26)13-12-20-9-3-2-4-10-20/h2-6,8-11H,7,12-18H2,1H3. The van der Waals surface area contributed by atoms with Gasteiger partial charge in [-0.15, -0.1) is 0 Å². The first-order valence-corrected chi connectivity index (χ1v) is 9.77. The lowest BCUT2D eigenvalue weighted by atomic mass is 10.1. The SMILES string of the molecule is Cc1ccccc1CC(=O)N1CCCN(C(=O)CCc2ccccc2)CC1. The summed E-state index contributed by atoms with van der Waals surface area (Å²) >= 11 is 0. The molecule has 0 unspecified atom stereocenters. The van der Waals surface area contributed by atoms with E-state index in [4.69, 9.17) is 0 Å². The summed E-state index contributed by atoms with van der Waals surface area (Å²) in [6.45, 7) is 4.77. The predicted molar refractivity (Wildman–Crippen MR) is 107 cm³/mol. The Balaban J connectivity index is 1.50. The Hall–Kier alpha value is -2.62. The largest absolute Gasteiger partial charge is 0.341 e. The Labute approximate surface area is 161 Å². The van der Waals surface area contributed by atoms with E-state index in [0.717, 1.165) is 37.1 Å². The van der Waals surface area contributed by atoms with Gasteiger partial charge in [-0.1, -0.05) is 54.6 Å². The molecule has 0 aliphatic carbocycles. The molecule has 0 bridgehead atoms. The molecule has 27 heavy (non-hydrogen) atoms. The Morgan fingerprint density at radius 1 is 0.815 bits per heavy atom. The van der Waals surface area contributed by atoms with Crippen LogP contribution in [0.1, 0.15) is 29.5 Å². The van der Waals surface area contributed by atoms with Gasteiger partial charge in [0.15, 0.2) is 0 Å². The highest BCUT2D eigenvalue weighted by Gasteiger charge is 2.22. The third kappa shape index (κ3) is 5.43.